The van der Waals surface area contributed by atoms with Crippen molar-refractivity contribution in [3.63, 3.8) is 0 Å². The van der Waals surface area contributed by atoms with E-state index in [4.69, 9.17) is 5.11 Å². The highest BCUT2D eigenvalue weighted by molar-refractivity contribution is 5.87. The van der Waals surface area contributed by atoms with E-state index in [-0.39, 0.29) is 5.69 Å². The summed E-state index contributed by atoms with van der Waals surface area (Å²) in [5.74, 6) is -4.14. The van der Waals surface area contributed by atoms with Gasteiger partial charge in [-0.05, 0) is 18.2 Å². The van der Waals surface area contributed by atoms with Crippen LogP contribution in [0.4, 0.5) is 17.6 Å². The molecule has 106 valence electrons. The molecule has 1 aromatic carbocycles. The lowest BCUT2D eigenvalue weighted by molar-refractivity contribution is 0.0689. The van der Waals surface area contributed by atoms with Gasteiger partial charge in [-0.25, -0.2) is 22.4 Å². The topological polar surface area (TPSA) is 55.1 Å². The number of hydrogen-bond donors (Lipinski definition) is 1. The smallest absolute Gasteiger partial charge is 0.356 e. The number of carbonyl (C=O) groups is 1. The van der Waals surface area contributed by atoms with Crippen LogP contribution in [0.2, 0.25) is 0 Å². The Balaban J connectivity index is 2.65. The number of hydrogen-bond acceptors (Lipinski definition) is 2. The highest BCUT2D eigenvalue weighted by atomic mass is 19.3. The number of halogens is 4. The maximum absolute atomic E-state index is 13.7. The van der Waals surface area contributed by atoms with E-state index in [1.165, 1.54) is 7.05 Å². The first-order valence-corrected chi connectivity index (χ1v) is 5.36. The van der Waals surface area contributed by atoms with E-state index < -0.39 is 40.9 Å². The molecule has 8 heteroatoms. The van der Waals surface area contributed by atoms with E-state index in [1.807, 2.05) is 0 Å². The van der Waals surface area contributed by atoms with Gasteiger partial charge in [0.05, 0.1) is 5.69 Å². The lowest BCUT2D eigenvalue weighted by Crippen LogP contribution is -2.01. The molecule has 2 aromatic rings. The van der Waals surface area contributed by atoms with Crippen molar-refractivity contribution in [2.24, 2.45) is 7.05 Å². The van der Waals surface area contributed by atoms with Crippen LogP contribution in [-0.2, 0) is 7.05 Å². The third-order valence-corrected chi connectivity index (χ3v) is 2.68. The van der Waals surface area contributed by atoms with Gasteiger partial charge in [-0.15, -0.1) is 0 Å². The van der Waals surface area contributed by atoms with Gasteiger partial charge in [0, 0.05) is 18.2 Å². The van der Waals surface area contributed by atoms with Crippen LogP contribution in [0.15, 0.2) is 18.2 Å². The zero-order valence-corrected chi connectivity index (χ0v) is 10.1. The molecule has 0 bridgehead atoms. The van der Waals surface area contributed by atoms with Gasteiger partial charge in [0.15, 0.2) is 17.3 Å². The average molecular weight is 288 g/mol. The molecule has 2 rings (SSSR count). The van der Waals surface area contributed by atoms with Crippen LogP contribution in [0.3, 0.4) is 0 Å². The van der Waals surface area contributed by atoms with Crippen LogP contribution in [0.1, 0.15) is 22.5 Å². The molecule has 0 unspecified atom stereocenters. The lowest BCUT2D eigenvalue weighted by Gasteiger charge is -2.07. The third-order valence-electron chi connectivity index (χ3n) is 2.68. The fourth-order valence-electron chi connectivity index (χ4n) is 1.75. The standard InChI is InChI=1S/C12H8F4N2O2/c1-18-9(4-8(17-18)12(19)20)6-2-5(11(15)16)3-7(13)10(6)14/h2-4,11H,1H3,(H,19,20). The van der Waals surface area contributed by atoms with Crippen LogP contribution in [0.25, 0.3) is 11.3 Å². The highest BCUT2D eigenvalue weighted by Crippen LogP contribution is 2.30. The molecule has 0 aliphatic rings. The normalized spacial score (nSPS) is 11.1. The SMILES string of the molecule is Cn1nc(C(=O)O)cc1-c1cc(C(F)F)cc(F)c1F. The van der Waals surface area contributed by atoms with Gasteiger partial charge in [0.2, 0.25) is 0 Å². The van der Waals surface area contributed by atoms with Crippen molar-refractivity contribution >= 4 is 5.97 Å². The lowest BCUT2D eigenvalue weighted by atomic mass is 10.1. The summed E-state index contributed by atoms with van der Waals surface area (Å²) in [5, 5.41) is 12.3. The summed E-state index contributed by atoms with van der Waals surface area (Å²) in [6.07, 6.45) is -2.98. The molecule has 0 fully saturated rings. The summed E-state index contributed by atoms with van der Waals surface area (Å²) >= 11 is 0. The predicted molar refractivity (Wildman–Crippen MR) is 60.5 cm³/mol. The van der Waals surface area contributed by atoms with E-state index in [0.717, 1.165) is 16.8 Å². The monoisotopic (exact) mass is 288 g/mol. The summed E-state index contributed by atoms with van der Waals surface area (Å²) < 4.78 is 53.2. The van der Waals surface area contributed by atoms with Crippen molar-refractivity contribution in [1.82, 2.24) is 9.78 Å². The first-order chi connectivity index (χ1) is 9.31. The fourth-order valence-corrected chi connectivity index (χ4v) is 1.75. The molecule has 0 saturated carbocycles. The molecular weight excluding hydrogens is 280 g/mol. The molecule has 20 heavy (non-hydrogen) atoms. The maximum atomic E-state index is 13.7. The zero-order chi connectivity index (χ0) is 15.0. The van der Waals surface area contributed by atoms with Crippen molar-refractivity contribution in [2.45, 2.75) is 6.43 Å². The van der Waals surface area contributed by atoms with Gasteiger partial charge < -0.3 is 5.11 Å². The molecule has 0 aliphatic heterocycles. The van der Waals surface area contributed by atoms with E-state index in [1.54, 1.807) is 0 Å². The molecule has 0 aliphatic carbocycles. The minimum atomic E-state index is -2.98. The summed E-state index contributed by atoms with van der Waals surface area (Å²) in [6, 6.07) is 2.15. The van der Waals surface area contributed by atoms with Crippen LogP contribution in [0, 0.1) is 11.6 Å². The van der Waals surface area contributed by atoms with Crippen molar-refractivity contribution < 1.29 is 27.5 Å². The van der Waals surface area contributed by atoms with Gasteiger partial charge in [0.25, 0.3) is 6.43 Å². The Morgan fingerprint density at radius 1 is 1.30 bits per heavy atom. The number of carboxylic acid groups (broad SMARTS) is 1. The van der Waals surface area contributed by atoms with Crippen molar-refractivity contribution in [3.05, 3.63) is 41.1 Å². The van der Waals surface area contributed by atoms with Crippen molar-refractivity contribution in [3.8, 4) is 11.3 Å². The molecular formula is C12H8F4N2O2. The minimum Gasteiger partial charge on any atom is -0.476 e. The quantitative estimate of drug-likeness (QED) is 0.883. The molecule has 0 amide bonds. The Kier molecular flexibility index (Phi) is 3.47. The Labute approximate surface area is 110 Å². The Morgan fingerprint density at radius 2 is 1.95 bits per heavy atom. The van der Waals surface area contributed by atoms with Gasteiger partial charge >= 0.3 is 5.97 Å². The van der Waals surface area contributed by atoms with E-state index in [9.17, 15) is 22.4 Å². The van der Waals surface area contributed by atoms with E-state index >= 15 is 0 Å². The Bertz CT molecular complexity index is 682. The number of aromatic carboxylic acids is 1. The zero-order valence-electron chi connectivity index (χ0n) is 10.1. The molecule has 0 radical (unpaired) electrons. The highest BCUT2D eigenvalue weighted by Gasteiger charge is 2.21. The molecule has 0 spiro atoms. The fraction of sp³-hybridized carbons (Fsp3) is 0.167. The molecule has 0 atom stereocenters. The van der Waals surface area contributed by atoms with Crippen LogP contribution in [0.5, 0.6) is 0 Å². The molecule has 0 saturated heterocycles. The molecule has 1 N–H and O–H groups in total. The number of nitrogens with zero attached hydrogens (tertiary/aromatic N) is 2. The summed E-state index contributed by atoms with van der Waals surface area (Å²) in [5.41, 5.74) is -1.68. The minimum absolute atomic E-state index is 0.110. The number of aryl methyl sites for hydroxylation is 1. The van der Waals surface area contributed by atoms with Gasteiger partial charge in [-0.2, -0.15) is 5.10 Å². The number of rotatable bonds is 3. The second kappa shape index (κ2) is 4.95. The number of alkyl halides is 2. The van der Waals surface area contributed by atoms with Crippen LogP contribution < -0.4 is 0 Å². The first kappa shape index (κ1) is 14.0. The van der Waals surface area contributed by atoms with Gasteiger partial charge in [-0.3, -0.25) is 4.68 Å². The van der Waals surface area contributed by atoms with Crippen molar-refractivity contribution in [2.75, 3.05) is 0 Å². The van der Waals surface area contributed by atoms with Gasteiger partial charge in [0.1, 0.15) is 0 Å². The summed E-state index contributed by atoms with van der Waals surface area (Å²) in [4.78, 5) is 10.8. The second-order valence-electron chi connectivity index (χ2n) is 4.01. The number of benzene rings is 1. The predicted octanol–water partition coefficient (Wildman–Crippen LogP) is 3.00. The third kappa shape index (κ3) is 2.36. The maximum Gasteiger partial charge on any atom is 0.356 e. The van der Waals surface area contributed by atoms with E-state index in [2.05, 4.69) is 5.10 Å². The van der Waals surface area contributed by atoms with Crippen LogP contribution >= 0.6 is 0 Å². The Hall–Kier alpha value is -2.38. The number of carboxylic acids is 1. The largest absolute Gasteiger partial charge is 0.476 e. The Morgan fingerprint density at radius 3 is 2.45 bits per heavy atom. The van der Waals surface area contributed by atoms with Crippen molar-refractivity contribution in [1.29, 1.82) is 0 Å². The summed E-state index contributed by atoms with van der Waals surface area (Å²) in [7, 11) is 1.30. The second-order valence-corrected chi connectivity index (χ2v) is 4.01. The summed E-state index contributed by atoms with van der Waals surface area (Å²) in [6.45, 7) is 0. The molecule has 1 heterocycles. The first-order valence-electron chi connectivity index (χ1n) is 5.36. The number of aromatic nitrogens is 2. The van der Waals surface area contributed by atoms with Gasteiger partial charge in [-0.1, -0.05) is 0 Å². The van der Waals surface area contributed by atoms with Crippen LogP contribution in [-0.4, -0.2) is 20.9 Å². The average Bonchev–Trinajstić information content (AvgIpc) is 2.74. The molecule has 1 aromatic heterocycles. The molecule has 4 nitrogen and oxygen atoms in total. The van der Waals surface area contributed by atoms with E-state index in [0.29, 0.717) is 6.07 Å².